The van der Waals surface area contributed by atoms with Gasteiger partial charge in [0.15, 0.2) is 0 Å². The zero-order chi connectivity index (χ0) is 27.4. The van der Waals surface area contributed by atoms with E-state index in [1.807, 2.05) is 50.2 Å². The predicted octanol–water partition coefficient (Wildman–Crippen LogP) is 2.60. The second kappa shape index (κ2) is 14.6. The highest BCUT2D eigenvalue weighted by Crippen LogP contribution is 2.10. The molecule has 0 aliphatic rings. The van der Waals surface area contributed by atoms with Crippen molar-refractivity contribution in [3.05, 3.63) is 71.8 Å². The SMILES string of the molecule is CC(C)C[C@H](NC(=O)[C@H](CCc1ccccc1)NC(=O)N(C)C)C(=O)N[C@@H](Cc1ccccc1)C(=O)O. The Kier molecular flexibility index (Phi) is 11.6. The van der Waals surface area contributed by atoms with Gasteiger partial charge < -0.3 is 26.0 Å². The summed E-state index contributed by atoms with van der Waals surface area (Å²) >= 11 is 0. The van der Waals surface area contributed by atoms with Crippen LogP contribution in [0.15, 0.2) is 60.7 Å². The highest BCUT2D eigenvalue weighted by molar-refractivity contribution is 5.93. The summed E-state index contributed by atoms with van der Waals surface area (Å²) in [7, 11) is 3.16. The van der Waals surface area contributed by atoms with Crippen molar-refractivity contribution in [2.45, 2.75) is 57.7 Å². The fourth-order valence-corrected chi connectivity index (χ4v) is 3.80. The Morgan fingerprint density at radius 1 is 0.757 bits per heavy atom. The smallest absolute Gasteiger partial charge is 0.326 e. The molecule has 0 bridgehead atoms. The Morgan fingerprint density at radius 2 is 1.27 bits per heavy atom. The molecule has 2 rings (SSSR count). The van der Waals surface area contributed by atoms with Gasteiger partial charge in [-0.25, -0.2) is 9.59 Å². The van der Waals surface area contributed by atoms with Crippen LogP contribution in [0.5, 0.6) is 0 Å². The number of carboxylic acid groups (broad SMARTS) is 1. The Morgan fingerprint density at radius 3 is 1.78 bits per heavy atom. The first kappa shape index (κ1) is 29.4. The second-order valence-corrected chi connectivity index (χ2v) is 9.70. The Hall–Kier alpha value is -3.88. The molecule has 9 nitrogen and oxygen atoms in total. The highest BCUT2D eigenvalue weighted by Gasteiger charge is 2.30. The van der Waals surface area contributed by atoms with Crippen molar-refractivity contribution in [1.29, 1.82) is 0 Å². The molecule has 0 radical (unpaired) electrons. The molecule has 0 aliphatic carbocycles. The van der Waals surface area contributed by atoms with Crippen LogP contribution < -0.4 is 16.0 Å². The first-order valence-electron chi connectivity index (χ1n) is 12.5. The van der Waals surface area contributed by atoms with E-state index >= 15 is 0 Å². The van der Waals surface area contributed by atoms with Crippen LogP contribution in [0.25, 0.3) is 0 Å². The van der Waals surface area contributed by atoms with Gasteiger partial charge in [-0.2, -0.15) is 0 Å². The molecule has 0 heterocycles. The normalized spacial score (nSPS) is 13.2. The van der Waals surface area contributed by atoms with Gasteiger partial charge in [0.2, 0.25) is 11.8 Å². The topological polar surface area (TPSA) is 128 Å². The lowest BCUT2D eigenvalue weighted by Crippen LogP contribution is -2.57. The highest BCUT2D eigenvalue weighted by atomic mass is 16.4. The van der Waals surface area contributed by atoms with Crippen molar-refractivity contribution < 1.29 is 24.3 Å². The molecule has 0 aromatic heterocycles. The molecule has 9 heteroatoms. The number of aliphatic carboxylic acids is 1. The first-order valence-corrected chi connectivity index (χ1v) is 12.5. The quantitative estimate of drug-likeness (QED) is 0.329. The molecular weight excluding hydrogens is 472 g/mol. The molecule has 0 spiro atoms. The minimum Gasteiger partial charge on any atom is -0.480 e. The van der Waals surface area contributed by atoms with Crippen LogP contribution in [-0.2, 0) is 27.2 Å². The summed E-state index contributed by atoms with van der Waals surface area (Å²) < 4.78 is 0. The van der Waals surface area contributed by atoms with Gasteiger partial charge in [-0.3, -0.25) is 9.59 Å². The molecule has 200 valence electrons. The number of amides is 4. The maximum atomic E-state index is 13.3. The number of hydrogen-bond donors (Lipinski definition) is 4. The zero-order valence-electron chi connectivity index (χ0n) is 21.9. The third-order valence-electron chi connectivity index (χ3n) is 5.82. The average Bonchev–Trinajstić information content (AvgIpc) is 2.86. The number of carbonyl (C=O) groups excluding carboxylic acids is 3. The molecule has 0 fully saturated rings. The molecule has 4 N–H and O–H groups in total. The van der Waals surface area contributed by atoms with E-state index < -0.39 is 41.9 Å². The van der Waals surface area contributed by atoms with Crippen molar-refractivity contribution in [2.24, 2.45) is 5.92 Å². The van der Waals surface area contributed by atoms with Crippen LogP contribution in [0.1, 0.15) is 37.8 Å². The van der Waals surface area contributed by atoms with E-state index in [1.54, 1.807) is 38.4 Å². The number of aryl methyl sites for hydroxylation is 1. The number of carboxylic acids is 1. The Balaban J connectivity index is 2.15. The molecule has 3 atom stereocenters. The number of hydrogen-bond acceptors (Lipinski definition) is 4. The fraction of sp³-hybridized carbons (Fsp3) is 0.429. The molecule has 2 aromatic carbocycles. The van der Waals surface area contributed by atoms with Crippen LogP contribution in [0.2, 0.25) is 0 Å². The maximum Gasteiger partial charge on any atom is 0.326 e. The van der Waals surface area contributed by atoms with Crippen molar-refractivity contribution >= 4 is 23.8 Å². The molecule has 2 aromatic rings. The molecule has 0 saturated carbocycles. The third kappa shape index (κ3) is 10.3. The molecule has 37 heavy (non-hydrogen) atoms. The van der Waals surface area contributed by atoms with Gasteiger partial charge in [-0.05, 0) is 36.3 Å². The summed E-state index contributed by atoms with van der Waals surface area (Å²) in [5.41, 5.74) is 1.79. The molecule has 4 amide bonds. The van der Waals surface area contributed by atoms with Gasteiger partial charge in [0.25, 0.3) is 0 Å². The van der Waals surface area contributed by atoms with Gasteiger partial charge in [0.05, 0.1) is 0 Å². The van der Waals surface area contributed by atoms with Gasteiger partial charge in [-0.1, -0.05) is 74.5 Å². The standard InChI is InChI=1S/C28H38N4O5/c1-19(2)17-23(26(34)30-24(27(35)36)18-21-13-9-6-10-14-21)29-25(33)22(31-28(37)32(3)4)16-15-20-11-7-5-8-12-20/h5-14,19,22-24H,15-18H2,1-4H3,(H,29,33)(H,30,34)(H,31,37)(H,35,36)/t22-,23-,24-/m0/s1. The summed E-state index contributed by atoms with van der Waals surface area (Å²) in [6, 6.07) is 15.2. The summed E-state index contributed by atoms with van der Waals surface area (Å²) in [6.07, 6.45) is 1.30. The number of carbonyl (C=O) groups is 4. The summed E-state index contributed by atoms with van der Waals surface area (Å²) in [6.45, 7) is 3.82. The van der Waals surface area contributed by atoms with E-state index in [-0.39, 0.29) is 12.3 Å². The minimum absolute atomic E-state index is 0.0487. The van der Waals surface area contributed by atoms with Gasteiger partial charge >= 0.3 is 12.0 Å². The molecule has 0 saturated heterocycles. The lowest BCUT2D eigenvalue weighted by molar-refractivity contribution is -0.142. The van der Waals surface area contributed by atoms with E-state index in [1.165, 1.54) is 4.90 Å². The van der Waals surface area contributed by atoms with Crippen molar-refractivity contribution in [2.75, 3.05) is 14.1 Å². The van der Waals surface area contributed by atoms with Crippen LogP contribution in [0.3, 0.4) is 0 Å². The van der Waals surface area contributed by atoms with Crippen LogP contribution >= 0.6 is 0 Å². The van der Waals surface area contributed by atoms with E-state index in [2.05, 4.69) is 16.0 Å². The Labute approximate surface area is 218 Å². The largest absolute Gasteiger partial charge is 0.480 e. The Bertz CT molecular complexity index is 1030. The predicted molar refractivity (Wildman–Crippen MR) is 142 cm³/mol. The zero-order valence-corrected chi connectivity index (χ0v) is 21.9. The van der Waals surface area contributed by atoms with Crippen LogP contribution in [-0.4, -0.2) is 66.0 Å². The van der Waals surface area contributed by atoms with E-state index in [4.69, 9.17) is 0 Å². The monoisotopic (exact) mass is 510 g/mol. The maximum absolute atomic E-state index is 13.3. The van der Waals surface area contributed by atoms with Crippen molar-refractivity contribution in [3.8, 4) is 0 Å². The lowest BCUT2D eigenvalue weighted by atomic mass is 10.00. The summed E-state index contributed by atoms with van der Waals surface area (Å²) in [5, 5.41) is 17.8. The second-order valence-electron chi connectivity index (χ2n) is 9.70. The molecule has 0 aliphatic heterocycles. The average molecular weight is 511 g/mol. The molecule has 0 unspecified atom stereocenters. The van der Waals surface area contributed by atoms with Crippen LogP contribution in [0, 0.1) is 5.92 Å². The lowest BCUT2D eigenvalue weighted by Gasteiger charge is -2.26. The number of nitrogens with one attached hydrogen (secondary N) is 3. The summed E-state index contributed by atoms with van der Waals surface area (Å²) in [5.74, 6) is -2.19. The number of rotatable bonds is 13. The van der Waals surface area contributed by atoms with E-state index in [9.17, 15) is 24.3 Å². The van der Waals surface area contributed by atoms with Gasteiger partial charge in [-0.15, -0.1) is 0 Å². The number of urea groups is 1. The van der Waals surface area contributed by atoms with Crippen molar-refractivity contribution in [1.82, 2.24) is 20.9 Å². The minimum atomic E-state index is -1.16. The summed E-state index contributed by atoms with van der Waals surface area (Å²) in [4.78, 5) is 52.0. The van der Waals surface area contributed by atoms with Crippen LogP contribution in [0.4, 0.5) is 4.79 Å². The van der Waals surface area contributed by atoms with E-state index in [0.29, 0.717) is 19.3 Å². The fourth-order valence-electron chi connectivity index (χ4n) is 3.80. The first-order chi connectivity index (χ1) is 17.6. The number of nitrogens with zero attached hydrogens (tertiary/aromatic N) is 1. The van der Waals surface area contributed by atoms with Gasteiger partial charge in [0, 0.05) is 20.5 Å². The van der Waals surface area contributed by atoms with E-state index in [0.717, 1.165) is 11.1 Å². The molecular formula is C28H38N4O5. The number of benzene rings is 2. The van der Waals surface area contributed by atoms with Gasteiger partial charge in [0.1, 0.15) is 18.1 Å². The van der Waals surface area contributed by atoms with Crippen molar-refractivity contribution in [3.63, 3.8) is 0 Å². The third-order valence-corrected chi connectivity index (χ3v) is 5.82.